The second-order valence-electron chi connectivity index (χ2n) is 4.99. The summed E-state index contributed by atoms with van der Waals surface area (Å²) in [6.07, 6.45) is 2.73. The summed E-state index contributed by atoms with van der Waals surface area (Å²) in [6, 6.07) is 1.81. The molecule has 3 N–H and O–H groups in total. The number of benzene rings is 1. The summed E-state index contributed by atoms with van der Waals surface area (Å²) in [5, 5.41) is 14.0. The molecule has 1 aromatic carbocycles. The van der Waals surface area contributed by atoms with Crippen molar-refractivity contribution in [3.8, 4) is 0 Å². The first-order chi connectivity index (χ1) is 9.97. The highest BCUT2D eigenvalue weighted by atomic mass is 19.1. The minimum Gasteiger partial charge on any atom is -0.478 e. The van der Waals surface area contributed by atoms with Gasteiger partial charge in [0.25, 0.3) is 0 Å². The van der Waals surface area contributed by atoms with E-state index in [1.807, 2.05) is 0 Å². The van der Waals surface area contributed by atoms with Gasteiger partial charge in [0.15, 0.2) is 0 Å². The van der Waals surface area contributed by atoms with Gasteiger partial charge in [0.2, 0.25) is 5.91 Å². The number of halogens is 2. The van der Waals surface area contributed by atoms with Gasteiger partial charge in [-0.3, -0.25) is 4.79 Å². The second kappa shape index (κ2) is 6.51. The Morgan fingerprint density at radius 2 is 1.86 bits per heavy atom. The summed E-state index contributed by atoms with van der Waals surface area (Å²) in [5.74, 6) is -3.39. The van der Waals surface area contributed by atoms with Gasteiger partial charge in [-0.1, -0.05) is 0 Å². The Kier molecular flexibility index (Phi) is 4.72. The van der Waals surface area contributed by atoms with Crippen LogP contribution < -0.4 is 10.6 Å². The normalized spacial score (nSPS) is 13.8. The molecule has 5 nitrogen and oxygen atoms in total. The number of carboxylic acids is 1. The molecule has 0 unspecified atom stereocenters. The van der Waals surface area contributed by atoms with Crippen molar-refractivity contribution in [3.63, 3.8) is 0 Å². The molecule has 0 aromatic heterocycles. The molecule has 114 valence electrons. The predicted octanol–water partition coefficient (Wildman–Crippen LogP) is 2.13. The Morgan fingerprint density at radius 3 is 2.38 bits per heavy atom. The van der Waals surface area contributed by atoms with Gasteiger partial charge in [0, 0.05) is 19.0 Å². The van der Waals surface area contributed by atoms with E-state index in [1.165, 1.54) is 0 Å². The van der Waals surface area contributed by atoms with E-state index in [4.69, 9.17) is 5.11 Å². The summed E-state index contributed by atoms with van der Waals surface area (Å²) in [6.45, 7) is 0.221. The van der Waals surface area contributed by atoms with Gasteiger partial charge in [-0.05, 0) is 31.4 Å². The van der Waals surface area contributed by atoms with Crippen molar-refractivity contribution in [2.45, 2.75) is 31.7 Å². The van der Waals surface area contributed by atoms with Crippen molar-refractivity contribution < 1.29 is 23.5 Å². The van der Waals surface area contributed by atoms with Gasteiger partial charge in [-0.25, -0.2) is 13.6 Å². The number of amides is 1. The fourth-order valence-corrected chi connectivity index (χ4v) is 1.86. The summed E-state index contributed by atoms with van der Waals surface area (Å²) >= 11 is 0. The molecule has 1 aromatic rings. The molecule has 1 aliphatic rings. The van der Waals surface area contributed by atoms with Gasteiger partial charge in [-0.15, -0.1) is 0 Å². The minimum atomic E-state index is -1.39. The number of carbonyl (C=O) groups is 2. The lowest BCUT2D eigenvalue weighted by Gasteiger charge is -2.09. The predicted molar refractivity (Wildman–Crippen MR) is 72.2 cm³/mol. The van der Waals surface area contributed by atoms with Crippen LogP contribution in [0.15, 0.2) is 12.1 Å². The summed E-state index contributed by atoms with van der Waals surface area (Å²) in [4.78, 5) is 22.1. The van der Waals surface area contributed by atoms with Crippen LogP contribution in [0.4, 0.5) is 14.5 Å². The van der Waals surface area contributed by atoms with Crippen LogP contribution in [0, 0.1) is 11.6 Å². The SMILES string of the molecule is O=C(CCCNc1c(F)cc(C(=O)O)cc1F)NC1CC1. The van der Waals surface area contributed by atoms with E-state index in [2.05, 4.69) is 10.6 Å². The van der Waals surface area contributed by atoms with Crippen molar-refractivity contribution in [3.05, 3.63) is 29.3 Å². The van der Waals surface area contributed by atoms with Crippen LogP contribution in [-0.2, 0) is 4.79 Å². The molecule has 1 aliphatic carbocycles. The van der Waals surface area contributed by atoms with E-state index in [0.717, 1.165) is 25.0 Å². The van der Waals surface area contributed by atoms with E-state index in [9.17, 15) is 18.4 Å². The molecule has 7 heteroatoms. The molecule has 1 amide bonds. The molecule has 0 aliphatic heterocycles. The second-order valence-corrected chi connectivity index (χ2v) is 4.99. The zero-order valence-electron chi connectivity index (χ0n) is 11.3. The van der Waals surface area contributed by atoms with E-state index in [1.54, 1.807) is 0 Å². The van der Waals surface area contributed by atoms with Crippen LogP contribution in [0.2, 0.25) is 0 Å². The molecule has 2 rings (SSSR count). The molecule has 0 bridgehead atoms. The summed E-state index contributed by atoms with van der Waals surface area (Å²) < 4.78 is 27.2. The number of aromatic carboxylic acids is 1. The van der Waals surface area contributed by atoms with Gasteiger partial charge in [-0.2, -0.15) is 0 Å². The Balaban J connectivity index is 1.82. The Labute approximate surface area is 120 Å². The van der Waals surface area contributed by atoms with Crippen molar-refractivity contribution >= 4 is 17.6 Å². The number of carboxylic acid groups (broad SMARTS) is 1. The van der Waals surface area contributed by atoms with Crippen molar-refractivity contribution in [1.29, 1.82) is 0 Å². The first-order valence-electron chi connectivity index (χ1n) is 6.73. The van der Waals surface area contributed by atoms with Gasteiger partial charge in [0.05, 0.1) is 5.56 Å². The average Bonchev–Trinajstić information content (AvgIpc) is 3.20. The fourth-order valence-electron chi connectivity index (χ4n) is 1.86. The van der Waals surface area contributed by atoms with Crippen LogP contribution in [-0.4, -0.2) is 29.6 Å². The first kappa shape index (κ1) is 15.2. The molecule has 1 saturated carbocycles. The van der Waals surface area contributed by atoms with Crippen LogP contribution >= 0.6 is 0 Å². The number of hydrogen-bond donors (Lipinski definition) is 3. The van der Waals surface area contributed by atoms with Crippen LogP contribution in [0.5, 0.6) is 0 Å². The van der Waals surface area contributed by atoms with Crippen molar-refractivity contribution in [2.24, 2.45) is 0 Å². The topological polar surface area (TPSA) is 78.4 Å². The minimum absolute atomic E-state index is 0.0681. The fraction of sp³-hybridized carbons (Fsp3) is 0.429. The molecule has 0 atom stereocenters. The highest BCUT2D eigenvalue weighted by Gasteiger charge is 2.22. The number of hydrogen-bond acceptors (Lipinski definition) is 3. The van der Waals surface area contributed by atoms with Crippen LogP contribution in [0.3, 0.4) is 0 Å². The molecule has 0 saturated heterocycles. The average molecular weight is 298 g/mol. The lowest BCUT2D eigenvalue weighted by molar-refractivity contribution is -0.121. The number of anilines is 1. The van der Waals surface area contributed by atoms with Gasteiger partial charge >= 0.3 is 5.97 Å². The third-order valence-corrected chi connectivity index (χ3v) is 3.11. The van der Waals surface area contributed by atoms with E-state index >= 15 is 0 Å². The third kappa shape index (κ3) is 4.40. The lowest BCUT2D eigenvalue weighted by atomic mass is 10.2. The van der Waals surface area contributed by atoms with E-state index in [-0.39, 0.29) is 24.6 Å². The molecule has 0 heterocycles. The van der Waals surface area contributed by atoms with E-state index < -0.39 is 23.2 Å². The zero-order valence-corrected chi connectivity index (χ0v) is 11.3. The molecular weight excluding hydrogens is 282 g/mol. The van der Waals surface area contributed by atoms with Crippen molar-refractivity contribution in [2.75, 3.05) is 11.9 Å². The largest absolute Gasteiger partial charge is 0.478 e. The van der Waals surface area contributed by atoms with E-state index in [0.29, 0.717) is 12.5 Å². The highest BCUT2D eigenvalue weighted by Crippen LogP contribution is 2.21. The Hall–Kier alpha value is -2.18. The molecule has 21 heavy (non-hydrogen) atoms. The maximum absolute atomic E-state index is 13.6. The zero-order chi connectivity index (χ0) is 15.4. The standard InChI is InChI=1S/C14H16F2N2O3/c15-10-6-8(14(20)21)7-11(16)13(10)17-5-1-2-12(19)18-9-3-4-9/h6-7,9,17H,1-5H2,(H,18,19)(H,20,21). The smallest absolute Gasteiger partial charge is 0.335 e. The summed E-state index contributed by atoms with van der Waals surface area (Å²) in [5.41, 5.74) is -0.818. The molecule has 0 radical (unpaired) electrons. The number of nitrogens with one attached hydrogen (secondary N) is 2. The Morgan fingerprint density at radius 1 is 1.24 bits per heavy atom. The lowest BCUT2D eigenvalue weighted by Crippen LogP contribution is -2.25. The highest BCUT2D eigenvalue weighted by molar-refractivity contribution is 5.88. The molecular formula is C14H16F2N2O3. The Bertz CT molecular complexity index is 536. The van der Waals surface area contributed by atoms with Gasteiger partial charge < -0.3 is 15.7 Å². The van der Waals surface area contributed by atoms with Crippen molar-refractivity contribution in [1.82, 2.24) is 5.32 Å². The van der Waals surface area contributed by atoms with Crippen LogP contribution in [0.1, 0.15) is 36.0 Å². The summed E-state index contributed by atoms with van der Waals surface area (Å²) in [7, 11) is 0. The molecule has 1 fully saturated rings. The number of rotatable bonds is 7. The van der Waals surface area contributed by atoms with Gasteiger partial charge in [0.1, 0.15) is 17.3 Å². The third-order valence-electron chi connectivity index (χ3n) is 3.11. The van der Waals surface area contributed by atoms with Crippen LogP contribution in [0.25, 0.3) is 0 Å². The number of carbonyl (C=O) groups excluding carboxylic acids is 1. The molecule has 0 spiro atoms. The first-order valence-corrected chi connectivity index (χ1v) is 6.73. The maximum atomic E-state index is 13.6. The monoisotopic (exact) mass is 298 g/mol. The maximum Gasteiger partial charge on any atom is 0.335 e. The quantitative estimate of drug-likeness (QED) is 0.674.